The summed E-state index contributed by atoms with van der Waals surface area (Å²) in [5.74, 6) is -2.52. The van der Waals surface area contributed by atoms with Gasteiger partial charge < -0.3 is 5.11 Å². The molecule has 0 saturated heterocycles. The van der Waals surface area contributed by atoms with Crippen molar-refractivity contribution in [2.75, 3.05) is 0 Å². The van der Waals surface area contributed by atoms with Gasteiger partial charge in [-0.2, -0.15) is 0 Å². The molecule has 0 aliphatic heterocycles. The van der Waals surface area contributed by atoms with E-state index >= 15 is 0 Å². The van der Waals surface area contributed by atoms with Crippen LogP contribution in [0.1, 0.15) is 17.3 Å². The highest BCUT2D eigenvalue weighted by molar-refractivity contribution is 7.09. The summed E-state index contributed by atoms with van der Waals surface area (Å²) >= 11 is 1.05. The third-order valence-corrected chi connectivity index (χ3v) is 2.37. The minimum atomic E-state index is -2.68. The smallest absolute Gasteiger partial charge is 0.304 e. The summed E-state index contributed by atoms with van der Waals surface area (Å²) in [7, 11) is 0. The van der Waals surface area contributed by atoms with Gasteiger partial charge >= 0.3 is 5.97 Å². The molecule has 1 unspecified atom stereocenters. The Hall–Kier alpha value is -1.04. The first kappa shape index (κ1) is 10.0. The molecule has 0 fully saturated rings. The maximum Gasteiger partial charge on any atom is 0.304 e. The summed E-state index contributed by atoms with van der Waals surface area (Å²) in [5, 5.41) is 10.1. The van der Waals surface area contributed by atoms with Crippen LogP contribution in [0.25, 0.3) is 0 Å². The lowest BCUT2D eigenvalue weighted by atomic mass is 10.1. The van der Waals surface area contributed by atoms with Crippen LogP contribution >= 0.6 is 11.3 Å². The zero-order valence-corrected chi connectivity index (χ0v) is 7.30. The molecular weight excluding hydrogens is 200 g/mol. The normalized spacial score (nSPS) is 13.2. The SMILES string of the molecule is O=C(O)CC(c1nccs1)C(F)F. The van der Waals surface area contributed by atoms with Gasteiger partial charge in [-0.3, -0.25) is 4.79 Å². The Morgan fingerprint density at radius 2 is 2.38 bits per heavy atom. The first-order chi connectivity index (χ1) is 6.11. The van der Waals surface area contributed by atoms with Crippen LogP contribution in [0.3, 0.4) is 0 Å². The van der Waals surface area contributed by atoms with Gasteiger partial charge in [-0.05, 0) is 0 Å². The minimum absolute atomic E-state index is 0.178. The number of aliphatic carboxylic acids is 1. The van der Waals surface area contributed by atoms with E-state index in [4.69, 9.17) is 5.11 Å². The molecule has 72 valence electrons. The lowest BCUT2D eigenvalue weighted by molar-refractivity contribution is -0.138. The molecule has 0 aliphatic carbocycles. The van der Waals surface area contributed by atoms with Crippen LogP contribution in [0.5, 0.6) is 0 Å². The van der Waals surface area contributed by atoms with Gasteiger partial charge in [0, 0.05) is 11.6 Å². The van der Waals surface area contributed by atoms with Crippen LogP contribution in [0.4, 0.5) is 8.78 Å². The quantitative estimate of drug-likeness (QED) is 0.821. The molecule has 6 heteroatoms. The number of rotatable bonds is 4. The predicted octanol–water partition coefficient (Wildman–Crippen LogP) is 1.97. The lowest BCUT2D eigenvalue weighted by Gasteiger charge is -2.09. The molecule has 0 aromatic carbocycles. The molecule has 1 rings (SSSR count). The summed E-state index contributed by atoms with van der Waals surface area (Å²) in [5.41, 5.74) is 0. The second-order valence-electron chi connectivity index (χ2n) is 2.41. The van der Waals surface area contributed by atoms with Crippen LogP contribution in [0.2, 0.25) is 0 Å². The van der Waals surface area contributed by atoms with Crippen LogP contribution in [0.15, 0.2) is 11.6 Å². The van der Waals surface area contributed by atoms with Crippen molar-refractivity contribution in [3.8, 4) is 0 Å². The van der Waals surface area contributed by atoms with Crippen molar-refractivity contribution in [2.24, 2.45) is 0 Å². The van der Waals surface area contributed by atoms with E-state index < -0.39 is 24.7 Å². The molecular formula is C7H7F2NO2S. The number of aromatic nitrogens is 1. The predicted molar refractivity (Wildman–Crippen MR) is 43.1 cm³/mol. The Kier molecular flexibility index (Phi) is 3.30. The van der Waals surface area contributed by atoms with Gasteiger partial charge in [0.25, 0.3) is 0 Å². The van der Waals surface area contributed by atoms with E-state index in [-0.39, 0.29) is 5.01 Å². The molecule has 0 radical (unpaired) electrons. The van der Waals surface area contributed by atoms with Gasteiger partial charge in [0.15, 0.2) is 0 Å². The fourth-order valence-corrected chi connectivity index (χ4v) is 1.63. The third kappa shape index (κ3) is 2.73. The Morgan fingerprint density at radius 1 is 1.69 bits per heavy atom. The van der Waals surface area contributed by atoms with Crippen molar-refractivity contribution in [2.45, 2.75) is 18.8 Å². The fourth-order valence-electron chi connectivity index (χ4n) is 0.890. The molecule has 0 bridgehead atoms. The minimum Gasteiger partial charge on any atom is -0.481 e. The average Bonchev–Trinajstić information content (AvgIpc) is 2.50. The molecule has 13 heavy (non-hydrogen) atoms. The Balaban J connectivity index is 2.74. The highest BCUT2D eigenvalue weighted by Crippen LogP contribution is 2.28. The van der Waals surface area contributed by atoms with Gasteiger partial charge in [-0.15, -0.1) is 11.3 Å². The first-order valence-electron chi connectivity index (χ1n) is 3.50. The van der Waals surface area contributed by atoms with E-state index in [1.807, 2.05) is 0 Å². The van der Waals surface area contributed by atoms with Gasteiger partial charge in [-0.1, -0.05) is 0 Å². The van der Waals surface area contributed by atoms with Gasteiger partial charge in [-0.25, -0.2) is 13.8 Å². The number of hydrogen-bond acceptors (Lipinski definition) is 3. The summed E-state index contributed by atoms with van der Waals surface area (Å²) in [4.78, 5) is 13.9. The molecule has 1 aromatic heterocycles. The molecule has 0 spiro atoms. The molecule has 0 amide bonds. The third-order valence-electron chi connectivity index (χ3n) is 1.47. The number of carboxylic acids is 1. The largest absolute Gasteiger partial charge is 0.481 e. The van der Waals surface area contributed by atoms with Crippen molar-refractivity contribution in [1.29, 1.82) is 0 Å². The molecule has 3 nitrogen and oxygen atoms in total. The van der Waals surface area contributed by atoms with E-state index in [1.54, 1.807) is 5.38 Å². The molecule has 1 heterocycles. The maximum atomic E-state index is 12.3. The van der Waals surface area contributed by atoms with E-state index in [9.17, 15) is 13.6 Å². The van der Waals surface area contributed by atoms with Crippen molar-refractivity contribution < 1.29 is 18.7 Å². The second kappa shape index (κ2) is 4.27. The average molecular weight is 207 g/mol. The van der Waals surface area contributed by atoms with Gasteiger partial charge in [0.1, 0.15) is 5.01 Å². The van der Waals surface area contributed by atoms with Crippen LogP contribution in [-0.4, -0.2) is 22.5 Å². The number of carbonyl (C=O) groups is 1. The number of carboxylic acid groups (broad SMARTS) is 1. The summed E-state index contributed by atoms with van der Waals surface area (Å²) < 4.78 is 24.7. The van der Waals surface area contributed by atoms with Gasteiger partial charge in [0.05, 0.1) is 12.3 Å². The summed E-state index contributed by atoms with van der Waals surface area (Å²) in [6.45, 7) is 0. The molecule has 0 aliphatic rings. The molecule has 1 atom stereocenters. The van der Waals surface area contributed by atoms with Crippen LogP contribution < -0.4 is 0 Å². The van der Waals surface area contributed by atoms with Gasteiger partial charge in [0.2, 0.25) is 6.43 Å². The highest BCUT2D eigenvalue weighted by Gasteiger charge is 2.27. The zero-order valence-electron chi connectivity index (χ0n) is 6.48. The van der Waals surface area contributed by atoms with Crippen molar-refractivity contribution >= 4 is 17.3 Å². The first-order valence-corrected chi connectivity index (χ1v) is 4.38. The van der Waals surface area contributed by atoms with Crippen molar-refractivity contribution in [1.82, 2.24) is 4.98 Å². The molecule has 1 N–H and O–H groups in total. The Morgan fingerprint density at radius 3 is 2.77 bits per heavy atom. The highest BCUT2D eigenvalue weighted by atomic mass is 32.1. The van der Waals surface area contributed by atoms with E-state index in [1.165, 1.54) is 6.20 Å². The number of nitrogens with zero attached hydrogens (tertiary/aromatic N) is 1. The second-order valence-corrected chi connectivity index (χ2v) is 3.34. The topological polar surface area (TPSA) is 50.2 Å². The fraction of sp³-hybridized carbons (Fsp3) is 0.429. The Labute approximate surface area is 77.0 Å². The number of thiazole rings is 1. The number of halogens is 2. The van der Waals surface area contributed by atoms with Crippen molar-refractivity contribution in [3.05, 3.63) is 16.6 Å². The Bertz CT molecular complexity index is 276. The monoisotopic (exact) mass is 207 g/mol. The lowest BCUT2D eigenvalue weighted by Crippen LogP contribution is -2.13. The summed E-state index contributed by atoms with van der Waals surface area (Å²) in [6.07, 6.45) is -1.87. The van der Waals surface area contributed by atoms with Crippen LogP contribution in [-0.2, 0) is 4.79 Å². The molecule has 0 saturated carbocycles. The van der Waals surface area contributed by atoms with E-state index in [2.05, 4.69) is 4.98 Å². The zero-order chi connectivity index (χ0) is 9.84. The van der Waals surface area contributed by atoms with Crippen molar-refractivity contribution in [3.63, 3.8) is 0 Å². The summed E-state index contributed by atoms with van der Waals surface area (Å²) in [6, 6.07) is 0. The maximum absolute atomic E-state index is 12.3. The standard InChI is InChI=1S/C7H7F2NO2S/c8-6(9)4(3-5(11)12)7-10-1-2-13-7/h1-2,4,6H,3H2,(H,11,12). The van der Waals surface area contributed by atoms with E-state index in [0.717, 1.165) is 11.3 Å². The van der Waals surface area contributed by atoms with Crippen LogP contribution in [0, 0.1) is 0 Å². The van der Waals surface area contributed by atoms with E-state index in [0.29, 0.717) is 0 Å². The number of hydrogen-bond donors (Lipinski definition) is 1. The molecule has 1 aromatic rings. The number of alkyl halides is 2.